The van der Waals surface area contributed by atoms with E-state index in [0.717, 1.165) is 11.1 Å². The Morgan fingerprint density at radius 3 is 2.27 bits per heavy atom. The van der Waals surface area contributed by atoms with Gasteiger partial charge in [0.15, 0.2) is 0 Å². The zero-order valence-electron chi connectivity index (χ0n) is 14.6. The first kappa shape index (κ1) is 18.2. The number of ether oxygens (including phenoxy) is 2. The summed E-state index contributed by atoms with van der Waals surface area (Å²) in [7, 11) is -0.671. The number of fused-ring (bicyclic) bond motifs is 1. The quantitative estimate of drug-likeness (QED) is 0.873. The zero-order chi connectivity index (χ0) is 18.9. The lowest BCUT2D eigenvalue weighted by atomic mass is 9.99. The van der Waals surface area contributed by atoms with Crippen molar-refractivity contribution >= 4 is 15.9 Å². The van der Waals surface area contributed by atoms with Crippen LogP contribution in [0.1, 0.15) is 21.5 Å². The number of hydrogen-bond donors (Lipinski definition) is 1. The van der Waals surface area contributed by atoms with E-state index in [4.69, 9.17) is 14.6 Å². The van der Waals surface area contributed by atoms with Crippen LogP contribution in [0.5, 0.6) is 11.5 Å². The van der Waals surface area contributed by atoms with Crippen LogP contribution in [-0.2, 0) is 23.0 Å². The summed E-state index contributed by atoms with van der Waals surface area (Å²) >= 11 is 0. The predicted molar refractivity (Wildman–Crippen MR) is 95.8 cm³/mol. The van der Waals surface area contributed by atoms with E-state index in [1.165, 1.54) is 20.3 Å². The SMILES string of the molecule is COc1cc(OC)cc(C(=O)N2CCc3cc(S(N)(=O)=O)ccc3C2)c1. The molecule has 2 N–H and O–H groups in total. The molecule has 8 heteroatoms. The van der Waals surface area contributed by atoms with E-state index in [0.29, 0.717) is 36.6 Å². The molecule has 1 heterocycles. The molecule has 0 aromatic heterocycles. The van der Waals surface area contributed by atoms with Crippen molar-refractivity contribution in [1.29, 1.82) is 0 Å². The minimum absolute atomic E-state index is 0.0913. The van der Waals surface area contributed by atoms with Gasteiger partial charge in [0.1, 0.15) is 11.5 Å². The Morgan fingerprint density at radius 1 is 1.04 bits per heavy atom. The number of sulfonamides is 1. The van der Waals surface area contributed by atoms with Crippen LogP contribution in [0.3, 0.4) is 0 Å². The van der Waals surface area contributed by atoms with Gasteiger partial charge in [0.05, 0.1) is 19.1 Å². The summed E-state index contributed by atoms with van der Waals surface area (Å²) in [5.41, 5.74) is 2.28. The molecule has 1 aliphatic heterocycles. The third kappa shape index (κ3) is 3.66. The summed E-state index contributed by atoms with van der Waals surface area (Å²) in [5, 5.41) is 5.18. The Labute approximate surface area is 152 Å². The van der Waals surface area contributed by atoms with E-state index in [2.05, 4.69) is 0 Å². The van der Waals surface area contributed by atoms with Crippen LogP contribution < -0.4 is 14.6 Å². The molecule has 0 spiro atoms. The number of carbonyl (C=O) groups excluding carboxylic acids is 1. The van der Waals surface area contributed by atoms with Crippen LogP contribution in [0.2, 0.25) is 0 Å². The average Bonchev–Trinajstić information content (AvgIpc) is 2.65. The van der Waals surface area contributed by atoms with Crippen molar-refractivity contribution in [2.24, 2.45) is 5.14 Å². The number of methoxy groups -OCH3 is 2. The van der Waals surface area contributed by atoms with Gasteiger partial charge in [0, 0.05) is 24.7 Å². The molecule has 0 saturated heterocycles. The summed E-state index contributed by atoms with van der Waals surface area (Å²) in [6, 6.07) is 9.81. The van der Waals surface area contributed by atoms with E-state index < -0.39 is 10.0 Å². The fourth-order valence-electron chi connectivity index (χ4n) is 2.99. The number of nitrogens with zero attached hydrogens (tertiary/aromatic N) is 1. The summed E-state index contributed by atoms with van der Waals surface area (Å²) in [6.07, 6.45) is 0.561. The Morgan fingerprint density at radius 2 is 1.69 bits per heavy atom. The molecule has 0 fully saturated rings. The minimum Gasteiger partial charge on any atom is -0.497 e. The van der Waals surface area contributed by atoms with Crippen LogP contribution in [0.4, 0.5) is 0 Å². The lowest BCUT2D eigenvalue weighted by Gasteiger charge is -2.29. The molecular weight excluding hydrogens is 356 g/mol. The number of benzene rings is 2. The van der Waals surface area contributed by atoms with Gasteiger partial charge < -0.3 is 14.4 Å². The highest BCUT2D eigenvalue weighted by atomic mass is 32.2. The van der Waals surface area contributed by atoms with Crippen LogP contribution in [-0.4, -0.2) is 40.0 Å². The van der Waals surface area contributed by atoms with Gasteiger partial charge in [0.2, 0.25) is 10.0 Å². The first-order chi connectivity index (χ1) is 12.3. The molecule has 3 rings (SSSR count). The molecule has 138 valence electrons. The standard InChI is InChI=1S/C18H20N2O5S/c1-24-15-7-14(8-16(10-15)25-2)18(21)20-6-5-12-9-17(26(19,22)23)4-3-13(12)11-20/h3-4,7-10H,5-6,11H2,1-2H3,(H2,19,22,23). The number of amides is 1. The molecule has 2 aromatic rings. The molecule has 26 heavy (non-hydrogen) atoms. The molecule has 2 aromatic carbocycles. The van der Waals surface area contributed by atoms with Crippen LogP contribution >= 0.6 is 0 Å². The Balaban J connectivity index is 1.86. The van der Waals surface area contributed by atoms with Gasteiger partial charge in [-0.1, -0.05) is 6.07 Å². The van der Waals surface area contributed by atoms with Gasteiger partial charge in [-0.3, -0.25) is 4.79 Å². The monoisotopic (exact) mass is 376 g/mol. The summed E-state index contributed by atoms with van der Waals surface area (Å²) < 4.78 is 33.4. The number of carbonyl (C=O) groups is 1. The van der Waals surface area contributed by atoms with E-state index in [-0.39, 0.29) is 10.8 Å². The molecular formula is C18H20N2O5S. The van der Waals surface area contributed by atoms with Crippen molar-refractivity contribution in [3.05, 3.63) is 53.1 Å². The van der Waals surface area contributed by atoms with Crippen molar-refractivity contribution in [1.82, 2.24) is 4.90 Å². The zero-order valence-corrected chi connectivity index (χ0v) is 15.4. The number of nitrogens with two attached hydrogens (primary N) is 1. The molecule has 0 aliphatic carbocycles. The van der Waals surface area contributed by atoms with Gasteiger partial charge >= 0.3 is 0 Å². The van der Waals surface area contributed by atoms with Gasteiger partial charge in [-0.15, -0.1) is 0 Å². The predicted octanol–water partition coefficient (Wildman–Crippen LogP) is 1.55. The van der Waals surface area contributed by atoms with Crippen LogP contribution in [0.15, 0.2) is 41.3 Å². The van der Waals surface area contributed by atoms with Gasteiger partial charge in [0.25, 0.3) is 5.91 Å². The van der Waals surface area contributed by atoms with Crippen LogP contribution in [0.25, 0.3) is 0 Å². The molecule has 1 amide bonds. The number of primary sulfonamides is 1. The number of hydrogen-bond acceptors (Lipinski definition) is 5. The van der Waals surface area contributed by atoms with Crippen molar-refractivity contribution in [2.75, 3.05) is 20.8 Å². The molecule has 0 saturated carbocycles. The van der Waals surface area contributed by atoms with E-state index in [1.54, 1.807) is 35.2 Å². The Hall–Kier alpha value is -2.58. The molecule has 7 nitrogen and oxygen atoms in total. The van der Waals surface area contributed by atoms with E-state index >= 15 is 0 Å². The van der Waals surface area contributed by atoms with Crippen molar-refractivity contribution in [3.8, 4) is 11.5 Å². The highest BCUT2D eigenvalue weighted by molar-refractivity contribution is 7.89. The van der Waals surface area contributed by atoms with E-state index in [9.17, 15) is 13.2 Å². The second-order valence-electron chi connectivity index (χ2n) is 6.05. The molecule has 0 radical (unpaired) electrons. The fourth-order valence-corrected chi connectivity index (χ4v) is 3.56. The second kappa shape index (κ2) is 6.97. The van der Waals surface area contributed by atoms with E-state index in [1.807, 2.05) is 0 Å². The maximum atomic E-state index is 12.9. The maximum Gasteiger partial charge on any atom is 0.254 e. The topological polar surface area (TPSA) is 98.9 Å². The Kier molecular flexibility index (Phi) is 4.88. The highest BCUT2D eigenvalue weighted by Gasteiger charge is 2.24. The van der Waals surface area contributed by atoms with Gasteiger partial charge in [-0.05, 0) is 41.8 Å². The first-order valence-electron chi connectivity index (χ1n) is 7.99. The summed E-state index contributed by atoms with van der Waals surface area (Å²) in [5.74, 6) is 0.953. The normalized spacial score (nSPS) is 13.9. The highest BCUT2D eigenvalue weighted by Crippen LogP contribution is 2.26. The fraction of sp³-hybridized carbons (Fsp3) is 0.278. The first-order valence-corrected chi connectivity index (χ1v) is 9.53. The Bertz CT molecular complexity index is 934. The van der Waals surface area contributed by atoms with Gasteiger partial charge in [-0.2, -0.15) is 0 Å². The lowest BCUT2D eigenvalue weighted by molar-refractivity contribution is 0.0734. The number of rotatable bonds is 4. The molecule has 0 bridgehead atoms. The maximum absolute atomic E-state index is 12.9. The molecule has 0 unspecified atom stereocenters. The molecule has 0 atom stereocenters. The van der Waals surface area contributed by atoms with Crippen LogP contribution in [0, 0.1) is 0 Å². The average molecular weight is 376 g/mol. The summed E-state index contributed by atoms with van der Waals surface area (Å²) in [6.45, 7) is 0.887. The third-order valence-electron chi connectivity index (χ3n) is 4.40. The largest absolute Gasteiger partial charge is 0.497 e. The molecule has 1 aliphatic rings. The second-order valence-corrected chi connectivity index (χ2v) is 7.61. The van der Waals surface area contributed by atoms with Gasteiger partial charge in [-0.25, -0.2) is 13.6 Å². The van der Waals surface area contributed by atoms with Crippen molar-refractivity contribution in [2.45, 2.75) is 17.9 Å². The lowest BCUT2D eigenvalue weighted by Crippen LogP contribution is -2.36. The smallest absolute Gasteiger partial charge is 0.254 e. The van der Waals surface area contributed by atoms with Crippen molar-refractivity contribution < 1.29 is 22.7 Å². The summed E-state index contributed by atoms with van der Waals surface area (Å²) in [4.78, 5) is 14.7. The minimum atomic E-state index is -3.73. The van der Waals surface area contributed by atoms with Crippen molar-refractivity contribution in [3.63, 3.8) is 0 Å². The third-order valence-corrected chi connectivity index (χ3v) is 5.32.